The number of benzene rings is 1. The van der Waals surface area contributed by atoms with Gasteiger partial charge in [0.25, 0.3) is 11.7 Å². The number of carbonyl (C=O) groups is 2. The number of Topliss-reactive ketones (excluding diaryl/α,β-unsaturated/α-hetero) is 1. The number of hydrogen-bond acceptors (Lipinski definition) is 9. The number of rotatable bonds is 7. The predicted molar refractivity (Wildman–Crippen MR) is 149 cm³/mol. The lowest BCUT2D eigenvalue weighted by Crippen LogP contribution is -2.40. The van der Waals surface area contributed by atoms with E-state index in [-0.39, 0.29) is 11.5 Å². The SMILES string of the molecule is COc1cnc(-n2ccnn2)c2[nH]cc(C(=O)C(=O)N3CCC(=C(c4ccccc4)c4nnc(C(C)C)o4)CC3)c12. The monoisotopic (exact) mass is 552 g/mol. The Morgan fingerprint density at radius 1 is 1.10 bits per heavy atom. The first-order chi connectivity index (χ1) is 20.0. The summed E-state index contributed by atoms with van der Waals surface area (Å²) in [6.07, 6.45) is 7.32. The van der Waals surface area contributed by atoms with E-state index >= 15 is 0 Å². The number of carbonyl (C=O) groups excluding carboxylic acids is 2. The van der Waals surface area contributed by atoms with Gasteiger partial charge in [0.05, 0.1) is 42.2 Å². The van der Waals surface area contributed by atoms with E-state index in [0.29, 0.717) is 60.2 Å². The fraction of sp³-hybridized carbons (Fsp3) is 0.276. The lowest BCUT2D eigenvalue weighted by atomic mass is 9.92. The fourth-order valence-electron chi connectivity index (χ4n) is 5.07. The summed E-state index contributed by atoms with van der Waals surface area (Å²) in [6, 6.07) is 9.90. The van der Waals surface area contributed by atoms with Crippen molar-refractivity contribution in [3.05, 3.63) is 83.6 Å². The normalized spacial score (nSPS) is 13.7. The maximum atomic E-state index is 13.5. The Bertz CT molecular complexity index is 1740. The summed E-state index contributed by atoms with van der Waals surface area (Å²) in [7, 11) is 1.49. The van der Waals surface area contributed by atoms with Gasteiger partial charge in [0, 0.05) is 30.8 Å². The standard InChI is InChI=1S/C29H28N8O4/c1-17(2)27-33-34-28(41-27)22(18-7-5-4-6-8-18)19-9-12-36(13-10-19)29(39)25(38)20-15-30-24-23(20)21(40-3)16-31-26(24)37-14-11-32-35-37/h4-8,11,14-17,30H,9-10,12-13H2,1-3H3. The van der Waals surface area contributed by atoms with E-state index in [0.717, 1.165) is 16.7 Å². The Labute approximate surface area is 235 Å². The number of fused-ring (bicyclic) bond motifs is 1. The molecule has 0 spiro atoms. The predicted octanol–water partition coefficient (Wildman–Crippen LogP) is 3.97. The topological polar surface area (TPSA) is 145 Å². The van der Waals surface area contributed by atoms with E-state index in [1.54, 1.807) is 11.1 Å². The van der Waals surface area contributed by atoms with E-state index in [1.807, 2.05) is 44.2 Å². The van der Waals surface area contributed by atoms with E-state index in [4.69, 9.17) is 9.15 Å². The summed E-state index contributed by atoms with van der Waals surface area (Å²) in [5.74, 6) is 0.754. The van der Waals surface area contributed by atoms with Crippen LogP contribution in [0.5, 0.6) is 5.75 Å². The van der Waals surface area contributed by atoms with Crippen molar-refractivity contribution in [3.63, 3.8) is 0 Å². The van der Waals surface area contributed by atoms with Crippen molar-refractivity contribution in [3.8, 4) is 11.6 Å². The molecule has 1 amide bonds. The molecule has 0 bridgehead atoms. The molecule has 0 radical (unpaired) electrons. The van der Waals surface area contributed by atoms with Gasteiger partial charge in [0.1, 0.15) is 5.75 Å². The van der Waals surface area contributed by atoms with Crippen LogP contribution >= 0.6 is 0 Å². The average Bonchev–Trinajstić information content (AvgIpc) is 3.79. The largest absolute Gasteiger partial charge is 0.494 e. The Balaban J connectivity index is 1.28. The molecule has 5 aromatic rings. The second kappa shape index (κ2) is 10.8. The molecule has 1 N–H and O–H groups in total. The zero-order valence-corrected chi connectivity index (χ0v) is 22.9. The van der Waals surface area contributed by atoms with Crippen molar-refractivity contribution in [1.82, 2.24) is 40.1 Å². The third-order valence-electron chi connectivity index (χ3n) is 7.17. The lowest BCUT2D eigenvalue weighted by Gasteiger charge is -2.29. The second-order valence-electron chi connectivity index (χ2n) is 10.0. The van der Waals surface area contributed by atoms with Gasteiger partial charge in [-0.25, -0.2) is 9.67 Å². The number of nitrogens with one attached hydrogen (secondary N) is 1. The molecule has 1 aromatic carbocycles. The van der Waals surface area contributed by atoms with Crippen molar-refractivity contribution >= 4 is 28.2 Å². The lowest BCUT2D eigenvalue weighted by molar-refractivity contribution is -0.126. The average molecular weight is 553 g/mol. The van der Waals surface area contributed by atoms with Crippen molar-refractivity contribution < 1.29 is 18.7 Å². The first-order valence-electron chi connectivity index (χ1n) is 13.3. The van der Waals surface area contributed by atoms with E-state index in [1.165, 1.54) is 30.4 Å². The van der Waals surface area contributed by atoms with Crippen LogP contribution in [-0.2, 0) is 4.79 Å². The summed E-state index contributed by atoms with van der Waals surface area (Å²) < 4.78 is 13.0. The molecule has 12 nitrogen and oxygen atoms in total. The molecule has 208 valence electrons. The molecule has 4 aromatic heterocycles. The molecule has 1 fully saturated rings. The van der Waals surface area contributed by atoms with Crippen LogP contribution in [0.1, 0.15) is 60.3 Å². The number of pyridine rings is 1. The molecule has 6 rings (SSSR count). The summed E-state index contributed by atoms with van der Waals surface area (Å²) in [4.78, 5) is 36.1. The van der Waals surface area contributed by atoms with Crippen molar-refractivity contribution in [1.29, 1.82) is 0 Å². The molecular formula is C29H28N8O4. The van der Waals surface area contributed by atoms with Crippen LogP contribution in [0.2, 0.25) is 0 Å². The number of ketones is 1. The van der Waals surface area contributed by atoms with E-state index in [9.17, 15) is 9.59 Å². The number of nitrogens with zero attached hydrogens (tertiary/aromatic N) is 7. The third-order valence-corrected chi connectivity index (χ3v) is 7.17. The zero-order chi connectivity index (χ0) is 28.5. The minimum Gasteiger partial charge on any atom is -0.494 e. The molecule has 41 heavy (non-hydrogen) atoms. The van der Waals surface area contributed by atoms with Crippen molar-refractivity contribution in [2.45, 2.75) is 32.6 Å². The maximum Gasteiger partial charge on any atom is 0.295 e. The number of ether oxygens (including phenoxy) is 1. The summed E-state index contributed by atoms with van der Waals surface area (Å²) in [5.41, 5.74) is 3.69. The highest BCUT2D eigenvalue weighted by molar-refractivity contribution is 6.45. The van der Waals surface area contributed by atoms with Crippen LogP contribution in [0.4, 0.5) is 0 Å². The van der Waals surface area contributed by atoms with Gasteiger partial charge in [-0.2, -0.15) is 0 Å². The van der Waals surface area contributed by atoms with Gasteiger partial charge in [-0.05, 0) is 18.4 Å². The number of H-pyrrole nitrogens is 1. The van der Waals surface area contributed by atoms with Gasteiger partial charge in [-0.15, -0.1) is 15.3 Å². The molecule has 1 saturated heterocycles. The zero-order valence-electron chi connectivity index (χ0n) is 22.9. The van der Waals surface area contributed by atoms with Gasteiger partial charge in [-0.3, -0.25) is 9.59 Å². The van der Waals surface area contributed by atoms with E-state index in [2.05, 4.69) is 30.5 Å². The van der Waals surface area contributed by atoms with E-state index < -0.39 is 11.7 Å². The molecule has 0 atom stereocenters. The Morgan fingerprint density at radius 2 is 1.88 bits per heavy atom. The van der Waals surface area contributed by atoms with Crippen LogP contribution in [0.15, 0.2) is 65.1 Å². The van der Waals surface area contributed by atoms with Gasteiger partial charge >= 0.3 is 0 Å². The van der Waals surface area contributed by atoms with Crippen LogP contribution in [0.25, 0.3) is 22.3 Å². The number of likely N-dealkylation sites (tertiary alicyclic amines) is 1. The number of hydrogen-bond donors (Lipinski definition) is 1. The molecule has 0 unspecified atom stereocenters. The summed E-state index contributed by atoms with van der Waals surface area (Å²) >= 11 is 0. The summed E-state index contributed by atoms with van der Waals surface area (Å²) in [6.45, 7) is 4.77. The van der Waals surface area contributed by atoms with Crippen LogP contribution in [0.3, 0.4) is 0 Å². The molecule has 1 aliphatic rings. The summed E-state index contributed by atoms with van der Waals surface area (Å²) in [5, 5.41) is 16.9. The van der Waals surface area contributed by atoms with Crippen LogP contribution < -0.4 is 4.74 Å². The van der Waals surface area contributed by atoms with Gasteiger partial charge < -0.3 is 19.0 Å². The number of aromatic amines is 1. The highest BCUT2D eigenvalue weighted by atomic mass is 16.5. The molecule has 1 aliphatic heterocycles. The fourth-order valence-corrected chi connectivity index (χ4v) is 5.07. The first-order valence-corrected chi connectivity index (χ1v) is 13.3. The quantitative estimate of drug-likeness (QED) is 0.234. The highest BCUT2D eigenvalue weighted by Gasteiger charge is 2.31. The molecule has 12 heteroatoms. The Morgan fingerprint density at radius 3 is 2.54 bits per heavy atom. The van der Waals surface area contributed by atoms with Crippen LogP contribution in [0, 0.1) is 0 Å². The minimum absolute atomic E-state index is 0.106. The van der Waals surface area contributed by atoms with Crippen molar-refractivity contribution in [2.24, 2.45) is 0 Å². The number of aromatic nitrogens is 7. The second-order valence-corrected chi connectivity index (χ2v) is 10.0. The molecule has 5 heterocycles. The van der Waals surface area contributed by atoms with Gasteiger partial charge in [0.2, 0.25) is 11.8 Å². The van der Waals surface area contributed by atoms with Crippen LogP contribution in [-0.4, -0.2) is 71.9 Å². The highest BCUT2D eigenvalue weighted by Crippen LogP contribution is 2.34. The smallest absolute Gasteiger partial charge is 0.295 e. The number of methoxy groups -OCH3 is 1. The number of amides is 1. The maximum absolute atomic E-state index is 13.5. The molecule has 0 saturated carbocycles. The minimum atomic E-state index is -0.625. The Kier molecular flexibility index (Phi) is 6.88. The van der Waals surface area contributed by atoms with Crippen molar-refractivity contribution in [2.75, 3.05) is 20.2 Å². The van der Waals surface area contributed by atoms with Gasteiger partial charge in [-0.1, -0.05) is 55.0 Å². The third kappa shape index (κ3) is 4.77. The Hall–Kier alpha value is -5.13. The molecule has 0 aliphatic carbocycles. The first kappa shape index (κ1) is 26.1. The molecular weight excluding hydrogens is 524 g/mol. The van der Waals surface area contributed by atoms with Gasteiger partial charge in [0.15, 0.2) is 5.82 Å². The number of piperidine rings is 1.